The molecule has 0 radical (unpaired) electrons. The average Bonchev–Trinajstić information content (AvgIpc) is 3.24. The van der Waals surface area contributed by atoms with E-state index < -0.39 is 11.6 Å². The number of fused-ring (bicyclic) bond motifs is 3. The van der Waals surface area contributed by atoms with Crippen molar-refractivity contribution in [3.63, 3.8) is 0 Å². The molecule has 5 rings (SSSR count). The first-order chi connectivity index (χ1) is 17.5. The summed E-state index contributed by atoms with van der Waals surface area (Å²) in [5.74, 6) is -1.13. The molecule has 9 heteroatoms. The second-order valence-electron chi connectivity index (χ2n) is 8.27. The third-order valence-electron chi connectivity index (χ3n) is 6.07. The van der Waals surface area contributed by atoms with Gasteiger partial charge < -0.3 is 15.5 Å². The summed E-state index contributed by atoms with van der Waals surface area (Å²) in [5.41, 5.74) is 4.13. The molecule has 6 nitrogen and oxygen atoms in total. The van der Waals surface area contributed by atoms with Crippen molar-refractivity contribution in [2.24, 2.45) is 4.99 Å². The number of halogens is 2. The molecule has 0 saturated heterocycles. The van der Waals surface area contributed by atoms with Gasteiger partial charge in [0, 0.05) is 42.3 Å². The van der Waals surface area contributed by atoms with Crippen molar-refractivity contribution < 1.29 is 13.6 Å². The van der Waals surface area contributed by atoms with Gasteiger partial charge >= 0.3 is 0 Å². The molecule has 2 aromatic carbocycles. The van der Waals surface area contributed by atoms with Gasteiger partial charge in [-0.15, -0.1) is 11.3 Å². The first-order valence-electron chi connectivity index (χ1n) is 11.3. The summed E-state index contributed by atoms with van der Waals surface area (Å²) in [5, 5.41) is 6.15. The first kappa shape index (κ1) is 23.6. The van der Waals surface area contributed by atoms with Crippen molar-refractivity contribution in [1.29, 1.82) is 0 Å². The SMILES string of the molecule is C=Nc1cccc(F)c1NCc1cc2c(s1)-c1ncc(F)cc1N(C(=O)c1ccc(NC)cc1)CC2. The van der Waals surface area contributed by atoms with Crippen molar-refractivity contribution in [2.75, 3.05) is 29.1 Å². The highest BCUT2D eigenvalue weighted by Crippen LogP contribution is 2.41. The fraction of sp³-hybridized carbons (Fsp3) is 0.148. The van der Waals surface area contributed by atoms with Gasteiger partial charge in [0.2, 0.25) is 0 Å². The summed E-state index contributed by atoms with van der Waals surface area (Å²) >= 11 is 1.49. The van der Waals surface area contributed by atoms with Crippen molar-refractivity contribution in [1.82, 2.24) is 4.98 Å². The lowest BCUT2D eigenvalue weighted by atomic mass is 10.1. The molecule has 4 aromatic rings. The van der Waals surface area contributed by atoms with Gasteiger partial charge in [-0.2, -0.15) is 0 Å². The number of rotatable bonds is 6. The first-order valence-corrected chi connectivity index (χ1v) is 12.2. The zero-order valence-electron chi connectivity index (χ0n) is 19.5. The van der Waals surface area contributed by atoms with E-state index in [1.807, 2.05) is 25.2 Å². The van der Waals surface area contributed by atoms with Gasteiger partial charge in [-0.3, -0.25) is 14.8 Å². The van der Waals surface area contributed by atoms with Crippen molar-refractivity contribution in [3.8, 4) is 10.6 Å². The van der Waals surface area contributed by atoms with E-state index in [0.29, 0.717) is 42.1 Å². The van der Waals surface area contributed by atoms with Crippen LogP contribution in [0.4, 0.5) is 31.5 Å². The second kappa shape index (κ2) is 9.87. The predicted molar refractivity (Wildman–Crippen MR) is 142 cm³/mol. The highest BCUT2D eigenvalue weighted by Gasteiger charge is 2.28. The number of hydrogen-bond acceptors (Lipinski definition) is 6. The average molecular weight is 504 g/mol. The summed E-state index contributed by atoms with van der Waals surface area (Å²) in [6, 6.07) is 15.2. The van der Waals surface area contributed by atoms with Gasteiger partial charge in [-0.05, 0) is 61.2 Å². The Morgan fingerprint density at radius 2 is 2.00 bits per heavy atom. The molecule has 0 saturated carbocycles. The molecule has 3 heterocycles. The predicted octanol–water partition coefficient (Wildman–Crippen LogP) is 6.28. The Labute approximate surface area is 211 Å². The quantitative estimate of drug-likeness (QED) is 0.304. The number of anilines is 3. The van der Waals surface area contributed by atoms with Crippen LogP contribution < -0.4 is 15.5 Å². The minimum atomic E-state index is -0.511. The van der Waals surface area contributed by atoms with Gasteiger partial charge in [-0.1, -0.05) is 6.07 Å². The number of carbonyl (C=O) groups excluding carboxylic acids is 1. The lowest BCUT2D eigenvalue weighted by molar-refractivity contribution is 0.0987. The Morgan fingerprint density at radius 1 is 1.19 bits per heavy atom. The number of carbonyl (C=O) groups is 1. The number of hydrogen-bond donors (Lipinski definition) is 2. The normalized spacial score (nSPS) is 12.4. The van der Waals surface area contributed by atoms with E-state index in [9.17, 15) is 13.6 Å². The maximum absolute atomic E-state index is 14.3. The van der Waals surface area contributed by atoms with E-state index in [2.05, 4.69) is 27.3 Å². The Kier molecular flexibility index (Phi) is 6.47. The number of nitrogens with one attached hydrogen (secondary N) is 2. The van der Waals surface area contributed by atoms with Crippen molar-refractivity contribution in [3.05, 3.63) is 88.4 Å². The van der Waals surface area contributed by atoms with Crippen molar-refractivity contribution >= 4 is 46.7 Å². The molecule has 1 aliphatic rings. The Bertz CT molecular complexity index is 1450. The molecule has 0 unspecified atom stereocenters. The van der Waals surface area contributed by atoms with Crippen LogP contribution in [0.25, 0.3) is 10.6 Å². The molecule has 1 aliphatic heterocycles. The minimum absolute atomic E-state index is 0.215. The molecule has 1 amide bonds. The van der Waals surface area contributed by atoms with Gasteiger partial charge in [0.05, 0.1) is 28.1 Å². The summed E-state index contributed by atoms with van der Waals surface area (Å²) < 4.78 is 28.6. The number of para-hydroxylation sites is 1. The van der Waals surface area contributed by atoms with E-state index in [1.165, 1.54) is 23.5 Å². The summed E-state index contributed by atoms with van der Waals surface area (Å²) in [6.07, 6.45) is 1.74. The molecular formula is C27H23F2N5OS. The molecule has 0 fully saturated rings. The monoisotopic (exact) mass is 503 g/mol. The maximum atomic E-state index is 14.3. The Balaban J connectivity index is 1.46. The molecule has 0 spiro atoms. The zero-order chi connectivity index (χ0) is 25.2. The van der Waals surface area contributed by atoms with Crippen LogP contribution in [0.15, 0.2) is 65.8 Å². The van der Waals surface area contributed by atoms with Gasteiger partial charge in [0.15, 0.2) is 0 Å². The third kappa shape index (κ3) is 4.45. The molecule has 0 aliphatic carbocycles. The van der Waals surface area contributed by atoms with Crippen LogP contribution in [0.5, 0.6) is 0 Å². The van der Waals surface area contributed by atoms with E-state index >= 15 is 0 Å². The fourth-order valence-corrected chi connectivity index (χ4v) is 5.42. The number of benzene rings is 2. The number of thiophene rings is 1. The van der Waals surface area contributed by atoms with E-state index in [4.69, 9.17) is 0 Å². The van der Waals surface area contributed by atoms with Crippen LogP contribution in [0.2, 0.25) is 0 Å². The molecule has 2 aromatic heterocycles. The van der Waals surface area contributed by atoms with Gasteiger partial charge in [0.25, 0.3) is 5.91 Å². The molecular weight excluding hydrogens is 480 g/mol. The molecule has 2 N–H and O–H groups in total. The molecule has 182 valence electrons. The lowest BCUT2D eigenvalue weighted by Gasteiger charge is -2.22. The number of aromatic nitrogens is 1. The minimum Gasteiger partial charge on any atom is -0.388 e. The van der Waals surface area contributed by atoms with Crippen molar-refractivity contribution in [2.45, 2.75) is 13.0 Å². The summed E-state index contributed by atoms with van der Waals surface area (Å²) in [4.78, 5) is 25.1. The molecule has 0 bridgehead atoms. The Morgan fingerprint density at radius 3 is 2.75 bits per heavy atom. The molecule has 36 heavy (non-hydrogen) atoms. The fourth-order valence-electron chi connectivity index (χ4n) is 4.26. The van der Waals surface area contributed by atoms with Crippen LogP contribution in [0.3, 0.4) is 0 Å². The number of amides is 1. The topological polar surface area (TPSA) is 69.6 Å². The van der Waals surface area contributed by atoms with Gasteiger partial charge in [-0.25, -0.2) is 8.78 Å². The summed E-state index contributed by atoms with van der Waals surface area (Å²) in [7, 11) is 1.81. The van der Waals surface area contributed by atoms with Crippen LogP contribution in [-0.2, 0) is 13.0 Å². The highest BCUT2D eigenvalue weighted by atomic mass is 32.1. The number of pyridine rings is 1. The maximum Gasteiger partial charge on any atom is 0.258 e. The summed E-state index contributed by atoms with van der Waals surface area (Å²) in [6.45, 7) is 4.25. The highest BCUT2D eigenvalue weighted by molar-refractivity contribution is 7.15. The van der Waals surface area contributed by atoms with E-state index in [-0.39, 0.29) is 11.6 Å². The number of aliphatic imine (C=N–C) groups is 1. The largest absolute Gasteiger partial charge is 0.388 e. The Hall–Kier alpha value is -4.11. The van der Waals surface area contributed by atoms with Crippen LogP contribution in [0, 0.1) is 11.6 Å². The zero-order valence-corrected chi connectivity index (χ0v) is 20.3. The smallest absolute Gasteiger partial charge is 0.258 e. The lowest BCUT2D eigenvalue weighted by Crippen LogP contribution is -2.32. The van der Waals surface area contributed by atoms with Crippen LogP contribution >= 0.6 is 11.3 Å². The standard InChI is InChI=1S/C27H23F2N5OS/c1-30-19-8-6-16(7-9-19)27(35)34-11-10-17-12-20(15-33-24-21(29)4-3-5-22(24)31-2)36-26(17)25-23(34)13-18(28)14-32-25/h3-9,12-14,30,33H,2,10-11,15H2,1H3. The van der Waals surface area contributed by atoms with E-state index in [1.54, 1.807) is 29.2 Å². The molecule has 0 atom stereocenters. The third-order valence-corrected chi connectivity index (χ3v) is 7.26. The number of nitrogens with zero attached hydrogens (tertiary/aromatic N) is 3. The second-order valence-corrected chi connectivity index (χ2v) is 9.40. The van der Waals surface area contributed by atoms with Crippen LogP contribution in [-0.4, -0.2) is 31.2 Å². The van der Waals surface area contributed by atoms with Crippen LogP contribution in [0.1, 0.15) is 20.8 Å². The van der Waals surface area contributed by atoms with E-state index in [0.717, 1.165) is 27.2 Å². The van der Waals surface area contributed by atoms with Gasteiger partial charge in [0.1, 0.15) is 17.3 Å².